The van der Waals surface area contributed by atoms with Gasteiger partial charge in [0.1, 0.15) is 22.9 Å². The summed E-state index contributed by atoms with van der Waals surface area (Å²) < 4.78 is 77.1. The summed E-state index contributed by atoms with van der Waals surface area (Å²) in [7, 11) is -4.64. The summed E-state index contributed by atoms with van der Waals surface area (Å²) in [6, 6.07) is 9.48. The molecule has 33 heavy (non-hydrogen) atoms. The Morgan fingerprint density at radius 3 is 2.42 bits per heavy atom. The number of fused-ring (bicyclic) bond motifs is 1. The molecule has 9 nitrogen and oxygen atoms in total. The Morgan fingerprint density at radius 2 is 1.79 bits per heavy atom. The van der Waals surface area contributed by atoms with Crippen LogP contribution in [0.15, 0.2) is 59.6 Å². The molecule has 3 aromatic rings. The standard InChI is InChI=1S/C20H18F3N3O6S/c21-20(22,23)14-5-1-2-6-15(14)32-11-10-26-19(28,18(24)27)17-13-4-3-7-16(33(29,30)31)12(13)8-9-25-17/h1-9,26,28H,10-11H2,(H2,24,27)(H,29,30,31). The van der Waals surface area contributed by atoms with Gasteiger partial charge in [0.25, 0.3) is 16.0 Å². The lowest BCUT2D eigenvalue weighted by Crippen LogP contribution is -2.54. The summed E-state index contributed by atoms with van der Waals surface area (Å²) in [5.41, 5.74) is 1.35. The molecule has 176 valence electrons. The molecule has 0 bridgehead atoms. The normalized spacial score (nSPS) is 14.1. The maximum Gasteiger partial charge on any atom is 0.419 e. The molecule has 0 aliphatic rings. The van der Waals surface area contributed by atoms with Crippen molar-refractivity contribution in [1.29, 1.82) is 0 Å². The highest BCUT2D eigenvalue weighted by Gasteiger charge is 2.39. The molecule has 0 aliphatic carbocycles. The van der Waals surface area contributed by atoms with E-state index >= 15 is 0 Å². The Balaban J connectivity index is 1.88. The first kappa shape index (κ1) is 24.4. The van der Waals surface area contributed by atoms with Crippen LogP contribution < -0.4 is 15.8 Å². The smallest absolute Gasteiger partial charge is 0.419 e. The van der Waals surface area contributed by atoms with Gasteiger partial charge in [-0.15, -0.1) is 0 Å². The van der Waals surface area contributed by atoms with E-state index in [-0.39, 0.29) is 23.0 Å². The molecule has 1 atom stereocenters. The molecule has 1 aromatic heterocycles. The molecule has 1 unspecified atom stereocenters. The number of para-hydroxylation sites is 1. The number of benzene rings is 2. The molecule has 0 radical (unpaired) electrons. The second-order valence-electron chi connectivity index (χ2n) is 6.83. The molecule has 5 N–H and O–H groups in total. The SMILES string of the molecule is NC(=O)C(O)(NCCOc1ccccc1C(F)(F)F)c1nccc2c(S(=O)(=O)O)cccc12. The fourth-order valence-electron chi connectivity index (χ4n) is 3.20. The Hall–Kier alpha value is -3.26. The molecule has 1 amide bonds. The topological polar surface area (TPSA) is 152 Å². The summed E-state index contributed by atoms with van der Waals surface area (Å²) in [6.07, 6.45) is -3.55. The highest BCUT2D eigenvalue weighted by atomic mass is 32.2. The van der Waals surface area contributed by atoms with E-state index in [1.807, 2.05) is 0 Å². The maximum absolute atomic E-state index is 13.1. The number of hydrogen-bond acceptors (Lipinski definition) is 7. The van der Waals surface area contributed by atoms with Crippen LogP contribution in [0, 0.1) is 0 Å². The van der Waals surface area contributed by atoms with Crippen LogP contribution in [-0.2, 0) is 26.8 Å². The van der Waals surface area contributed by atoms with Crippen molar-refractivity contribution in [2.75, 3.05) is 13.2 Å². The van der Waals surface area contributed by atoms with Gasteiger partial charge in [-0.3, -0.25) is 19.6 Å². The summed E-state index contributed by atoms with van der Waals surface area (Å²) in [5, 5.41) is 13.3. The summed E-state index contributed by atoms with van der Waals surface area (Å²) in [6.45, 7) is -0.745. The predicted molar refractivity (Wildman–Crippen MR) is 110 cm³/mol. The van der Waals surface area contributed by atoms with Gasteiger partial charge >= 0.3 is 6.18 Å². The highest BCUT2D eigenvalue weighted by Crippen LogP contribution is 2.36. The van der Waals surface area contributed by atoms with Gasteiger partial charge in [-0.25, -0.2) is 0 Å². The number of aliphatic hydroxyl groups is 1. The van der Waals surface area contributed by atoms with Gasteiger partial charge in [0.2, 0.25) is 5.72 Å². The van der Waals surface area contributed by atoms with Crippen LogP contribution in [0.2, 0.25) is 0 Å². The lowest BCUT2D eigenvalue weighted by molar-refractivity contribution is -0.141. The lowest BCUT2D eigenvalue weighted by Gasteiger charge is -2.27. The number of pyridine rings is 1. The first-order valence-corrected chi connectivity index (χ1v) is 10.7. The Bertz CT molecular complexity index is 1300. The molecule has 0 spiro atoms. The van der Waals surface area contributed by atoms with E-state index < -0.39 is 50.7 Å². The number of ether oxygens (including phenoxy) is 1. The van der Waals surface area contributed by atoms with Crippen LogP contribution >= 0.6 is 0 Å². The van der Waals surface area contributed by atoms with E-state index in [4.69, 9.17) is 10.5 Å². The van der Waals surface area contributed by atoms with Crippen LogP contribution in [-0.4, -0.2) is 42.1 Å². The second-order valence-corrected chi connectivity index (χ2v) is 8.22. The number of aromatic nitrogens is 1. The quantitative estimate of drug-likeness (QED) is 0.214. The second kappa shape index (κ2) is 8.94. The van der Waals surface area contributed by atoms with Crippen LogP contribution in [0.25, 0.3) is 10.8 Å². The molecule has 0 saturated carbocycles. The van der Waals surface area contributed by atoms with Crippen molar-refractivity contribution in [3.05, 3.63) is 66.0 Å². The van der Waals surface area contributed by atoms with Crippen molar-refractivity contribution in [2.45, 2.75) is 16.8 Å². The number of carbonyl (C=O) groups excluding carboxylic acids is 1. The van der Waals surface area contributed by atoms with Crippen LogP contribution in [0.1, 0.15) is 11.3 Å². The van der Waals surface area contributed by atoms with Gasteiger partial charge in [0, 0.05) is 23.5 Å². The number of carbonyl (C=O) groups is 1. The average Bonchev–Trinajstić information content (AvgIpc) is 2.74. The van der Waals surface area contributed by atoms with Crippen molar-refractivity contribution in [3.8, 4) is 5.75 Å². The van der Waals surface area contributed by atoms with Gasteiger partial charge in [0.15, 0.2) is 0 Å². The van der Waals surface area contributed by atoms with Crippen molar-refractivity contribution in [1.82, 2.24) is 10.3 Å². The number of nitrogens with zero attached hydrogens (tertiary/aromatic N) is 1. The molecular formula is C20H18F3N3O6S. The molecule has 2 aromatic carbocycles. The predicted octanol–water partition coefficient (Wildman–Crippen LogP) is 1.80. The molecule has 0 fully saturated rings. The van der Waals surface area contributed by atoms with Gasteiger partial charge < -0.3 is 15.6 Å². The Kier molecular flexibility index (Phi) is 6.61. The maximum atomic E-state index is 13.1. The first-order chi connectivity index (χ1) is 15.4. The Labute approximate surface area is 185 Å². The minimum absolute atomic E-state index is 0.00948. The monoisotopic (exact) mass is 485 g/mol. The van der Waals surface area contributed by atoms with Crippen LogP contribution in [0.5, 0.6) is 5.75 Å². The third-order valence-corrected chi connectivity index (χ3v) is 5.59. The number of primary amides is 1. The van der Waals surface area contributed by atoms with Gasteiger partial charge in [0.05, 0.1) is 5.56 Å². The minimum Gasteiger partial charge on any atom is -0.492 e. The summed E-state index contributed by atoms with van der Waals surface area (Å²) in [4.78, 5) is 15.6. The Morgan fingerprint density at radius 1 is 1.09 bits per heavy atom. The number of rotatable bonds is 8. The van der Waals surface area contributed by atoms with Gasteiger partial charge in [-0.1, -0.05) is 24.3 Å². The van der Waals surface area contributed by atoms with Gasteiger partial charge in [-0.05, 0) is 24.3 Å². The van der Waals surface area contributed by atoms with Crippen molar-refractivity contribution in [2.24, 2.45) is 5.73 Å². The zero-order valence-electron chi connectivity index (χ0n) is 16.7. The van der Waals surface area contributed by atoms with E-state index in [0.717, 1.165) is 24.4 Å². The van der Waals surface area contributed by atoms with E-state index in [1.54, 1.807) is 0 Å². The fourth-order valence-corrected chi connectivity index (χ4v) is 3.91. The van der Waals surface area contributed by atoms with Crippen LogP contribution in [0.3, 0.4) is 0 Å². The van der Waals surface area contributed by atoms with Crippen molar-refractivity contribution < 1.29 is 40.8 Å². The third kappa shape index (κ3) is 5.06. The zero-order valence-corrected chi connectivity index (χ0v) is 17.5. The number of halogens is 3. The largest absolute Gasteiger partial charge is 0.492 e. The summed E-state index contributed by atoms with van der Waals surface area (Å²) >= 11 is 0. The first-order valence-electron chi connectivity index (χ1n) is 9.27. The minimum atomic E-state index is -4.64. The van der Waals surface area contributed by atoms with E-state index in [2.05, 4.69) is 10.3 Å². The van der Waals surface area contributed by atoms with Crippen molar-refractivity contribution in [3.63, 3.8) is 0 Å². The molecule has 13 heteroatoms. The summed E-state index contributed by atoms with van der Waals surface area (Å²) in [5.74, 6) is -1.76. The number of nitrogens with two attached hydrogens (primary N) is 1. The molecule has 1 heterocycles. The number of alkyl halides is 3. The fraction of sp³-hybridized carbons (Fsp3) is 0.200. The molecule has 0 aliphatic heterocycles. The lowest BCUT2D eigenvalue weighted by atomic mass is 10.0. The average molecular weight is 485 g/mol. The van der Waals surface area contributed by atoms with Crippen LogP contribution in [0.4, 0.5) is 13.2 Å². The number of nitrogens with one attached hydrogen (secondary N) is 1. The van der Waals surface area contributed by atoms with E-state index in [9.17, 15) is 36.0 Å². The molecule has 0 saturated heterocycles. The zero-order chi connectivity index (χ0) is 24.4. The van der Waals surface area contributed by atoms with E-state index in [0.29, 0.717) is 0 Å². The highest BCUT2D eigenvalue weighted by molar-refractivity contribution is 7.86. The van der Waals surface area contributed by atoms with Crippen molar-refractivity contribution >= 4 is 26.8 Å². The number of amides is 1. The molecule has 3 rings (SSSR count). The van der Waals surface area contributed by atoms with E-state index in [1.165, 1.54) is 30.3 Å². The number of hydrogen-bond donors (Lipinski definition) is 4. The van der Waals surface area contributed by atoms with Gasteiger partial charge in [-0.2, -0.15) is 21.6 Å². The molecular weight excluding hydrogens is 467 g/mol. The third-order valence-electron chi connectivity index (χ3n) is 4.68.